The maximum absolute atomic E-state index is 13.2. The van der Waals surface area contributed by atoms with Crippen molar-refractivity contribution in [1.29, 1.82) is 0 Å². The molecule has 1 amide bonds. The third kappa shape index (κ3) is 5.78. The fourth-order valence-electron chi connectivity index (χ4n) is 4.11. The molecule has 1 aromatic heterocycles. The highest BCUT2D eigenvalue weighted by Gasteiger charge is 2.18. The monoisotopic (exact) mass is 463 g/mol. The van der Waals surface area contributed by atoms with Crippen molar-refractivity contribution in [3.63, 3.8) is 0 Å². The number of methoxy groups -OCH3 is 1. The van der Waals surface area contributed by atoms with Crippen molar-refractivity contribution in [2.24, 2.45) is 7.05 Å². The van der Waals surface area contributed by atoms with E-state index >= 15 is 0 Å². The van der Waals surface area contributed by atoms with Crippen LogP contribution in [0.25, 0.3) is 11.1 Å². The van der Waals surface area contributed by atoms with Crippen molar-refractivity contribution in [3.8, 4) is 16.9 Å². The van der Waals surface area contributed by atoms with Crippen molar-refractivity contribution < 1.29 is 9.53 Å². The third-order valence-electron chi connectivity index (χ3n) is 6.03. The standard InChI is InChI=1S/C25H31N5O2.C2H6/c1-17-5-7-21(30-11-9-26-10-12-30)14-22(17)25(31)28-18(2)19-6-8-24(32-4)23(13-19)20-15-27-29(3)16-20;1-2/h5-8,13-16,18,26H,9-12H2,1-4H3,(H,28,31);1-2H3. The summed E-state index contributed by atoms with van der Waals surface area (Å²) < 4.78 is 7.31. The molecule has 1 atom stereocenters. The van der Waals surface area contributed by atoms with E-state index in [1.54, 1.807) is 11.8 Å². The molecule has 3 aromatic rings. The number of nitrogens with zero attached hydrogens (tertiary/aromatic N) is 3. The van der Waals surface area contributed by atoms with Crippen LogP contribution in [0.5, 0.6) is 5.75 Å². The lowest BCUT2D eigenvalue weighted by Crippen LogP contribution is -2.43. The second-order valence-corrected chi connectivity index (χ2v) is 8.29. The lowest BCUT2D eigenvalue weighted by atomic mass is 10.00. The molecule has 0 saturated carbocycles. The Labute approximate surface area is 203 Å². The van der Waals surface area contributed by atoms with Gasteiger partial charge in [-0.3, -0.25) is 9.48 Å². The Bertz CT molecular complexity index is 1100. The minimum Gasteiger partial charge on any atom is -0.496 e. The number of anilines is 1. The lowest BCUT2D eigenvalue weighted by molar-refractivity contribution is 0.0939. The highest BCUT2D eigenvalue weighted by atomic mass is 16.5. The number of piperazine rings is 1. The summed E-state index contributed by atoms with van der Waals surface area (Å²) in [5, 5.41) is 10.8. The van der Waals surface area contributed by atoms with Gasteiger partial charge in [0, 0.05) is 61.8 Å². The minimum absolute atomic E-state index is 0.0641. The molecule has 0 radical (unpaired) electrons. The van der Waals surface area contributed by atoms with Gasteiger partial charge in [0.25, 0.3) is 5.91 Å². The van der Waals surface area contributed by atoms with Gasteiger partial charge in [0.05, 0.1) is 19.3 Å². The predicted molar refractivity (Wildman–Crippen MR) is 139 cm³/mol. The average molecular weight is 464 g/mol. The molecule has 0 bridgehead atoms. The molecule has 7 heteroatoms. The maximum atomic E-state index is 13.2. The van der Waals surface area contributed by atoms with Crippen LogP contribution in [-0.2, 0) is 7.05 Å². The number of nitrogens with one attached hydrogen (secondary N) is 2. The van der Waals surface area contributed by atoms with E-state index in [1.807, 2.05) is 71.4 Å². The van der Waals surface area contributed by atoms with Gasteiger partial charge in [-0.25, -0.2) is 0 Å². The second kappa shape index (κ2) is 11.7. The Morgan fingerprint density at radius 1 is 1.15 bits per heavy atom. The van der Waals surface area contributed by atoms with E-state index in [0.29, 0.717) is 5.56 Å². The quantitative estimate of drug-likeness (QED) is 0.569. The Kier molecular flexibility index (Phi) is 8.71. The summed E-state index contributed by atoms with van der Waals surface area (Å²) in [6, 6.07) is 12.0. The zero-order valence-corrected chi connectivity index (χ0v) is 21.2. The Morgan fingerprint density at radius 3 is 2.53 bits per heavy atom. The molecule has 0 aliphatic carbocycles. The molecule has 7 nitrogen and oxygen atoms in total. The number of carbonyl (C=O) groups is 1. The summed E-state index contributed by atoms with van der Waals surface area (Å²) in [5.74, 6) is 0.713. The number of rotatable bonds is 6. The van der Waals surface area contributed by atoms with E-state index in [4.69, 9.17) is 4.74 Å². The summed E-state index contributed by atoms with van der Waals surface area (Å²) in [4.78, 5) is 15.5. The van der Waals surface area contributed by atoms with Crippen molar-refractivity contribution in [2.45, 2.75) is 33.7 Å². The van der Waals surface area contributed by atoms with E-state index in [1.165, 1.54) is 0 Å². The molecular weight excluding hydrogens is 426 g/mol. The van der Waals surface area contributed by atoms with E-state index in [2.05, 4.69) is 32.8 Å². The summed E-state index contributed by atoms with van der Waals surface area (Å²) in [6.45, 7) is 11.8. The highest BCUT2D eigenvalue weighted by Crippen LogP contribution is 2.32. The van der Waals surface area contributed by atoms with Crippen LogP contribution in [0.15, 0.2) is 48.8 Å². The topological polar surface area (TPSA) is 71.4 Å². The number of aromatic nitrogens is 2. The van der Waals surface area contributed by atoms with Crippen LogP contribution in [0.4, 0.5) is 5.69 Å². The van der Waals surface area contributed by atoms with E-state index in [0.717, 1.165) is 59.9 Å². The zero-order chi connectivity index (χ0) is 24.7. The van der Waals surface area contributed by atoms with E-state index in [9.17, 15) is 4.79 Å². The average Bonchev–Trinajstić information content (AvgIpc) is 3.31. The molecule has 34 heavy (non-hydrogen) atoms. The fourth-order valence-corrected chi connectivity index (χ4v) is 4.11. The zero-order valence-electron chi connectivity index (χ0n) is 21.2. The summed E-state index contributed by atoms with van der Waals surface area (Å²) in [5.41, 5.74) is 5.72. The number of aryl methyl sites for hydroxylation is 2. The maximum Gasteiger partial charge on any atom is 0.252 e. The van der Waals surface area contributed by atoms with Crippen LogP contribution < -0.4 is 20.3 Å². The van der Waals surface area contributed by atoms with Gasteiger partial charge in [-0.1, -0.05) is 26.0 Å². The van der Waals surface area contributed by atoms with Crippen LogP contribution in [0.1, 0.15) is 48.3 Å². The van der Waals surface area contributed by atoms with Crippen LogP contribution in [0, 0.1) is 6.92 Å². The molecule has 0 spiro atoms. The number of benzene rings is 2. The van der Waals surface area contributed by atoms with Crippen LogP contribution in [0.2, 0.25) is 0 Å². The SMILES string of the molecule is CC.COc1ccc(C(C)NC(=O)c2cc(N3CCNCC3)ccc2C)cc1-c1cnn(C)c1. The summed E-state index contributed by atoms with van der Waals surface area (Å²) >= 11 is 0. The normalized spacial score (nSPS) is 14.1. The van der Waals surface area contributed by atoms with Gasteiger partial charge in [0.2, 0.25) is 0 Å². The van der Waals surface area contributed by atoms with Gasteiger partial charge in [-0.05, 0) is 49.2 Å². The third-order valence-corrected chi connectivity index (χ3v) is 6.03. The molecule has 1 fully saturated rings. The molecule has 2 heterocycles. The highest BCUT2D eigenvalue weighted by molar-refractivity contribution is 5.97. The largest absolute Gasteiger partial charge is 0.496 e. The summed E-state index contributed by atoms with van der Waals surface area (Å²) in [7, 11) is 3.55. The molecule has 1 saturated heterocycles. The molecule has 1 aliphatic heterocycles. The molecule has 1 unspecified atom stereocenters. The van der Waals surface area contributed by atoms with Gasteiger partial charge in [-0.2, -0.15) is 5.10 Å². The first-order valence-electron chi connectivity index (χ1n) is 12.0. The van der Waals surface area contributed by atoms with Crippen molar-refractivity contribution in [3.05, 3.63) is 65.5 Å². The van der Waals surface area contributed by atoms with Gasteiger partial charge in [-0.15, -0.1) is 0 Å². The molecular formula is C27H37N5O2. The van der Waals surface area contributed by atoms with Crippen molar-refractivity contribution in [2.75, 3.05) is 38.2 Å². The molecule has 2 N–H and O–H groups in total. The Hall–Kier alpha value is -3.32. The first kappa shape index (κ1) is 25.3. The van der Waals surface area contributed by atoms with Crippen molar-refractivity contribution in [1.82, 2.24) is 20.4 Å². The molecule has 4 rings (SSSR count). The fraction of sp³-hybridized carbons (Fsp3) is 0.407. The number of hydrogen-bond acceptors (Lipinski definition) is 5. The van der Waals surface area contributed by atoms with Gasteiger partial charge in [0.15, 0.2) is 0 Å². The minimum atomic E-state index is -0.161. The number of ether oxygens (including phenoxy) is 1. The Morgan fingerprint density at radius 2 is 1.88 bits per heavy atom. The van der Waals surface area contributed by atoms with E-state index in [-0.39, 0.29) is 11.9 Å². The lowest BCUT2D eigenvalue weighted by Gasteiger charge is -2.30. The molecule has 2 aromatic carbocycles. The number of carbonyl (C=O) groups excluding carboxylic acids is 1. The van der Waals surface area contributed by atoms with Gasteiger partial charge >= 0.3 is 0 Å². The van der Waals surface area contributed by atoms with Crippen LogP contribution in [0.3, 0.4) is 0 Å². The number of amides is 1. The van der Waals surface area contributed by atoms with E-state index < -0.39 is 0 Å². The first-order valence-corrected chi connectivity index (χ1v) is 12.0. The van der Waals surface area contributed by atoms with Gasteiger partial charge in [0.1, 0.15) is 5.75 Å². The number of hydrogen-bond donors (Lipinski definition) is 2. The summed E-state index contributed by atoms with van der Waals surface area (Å²) in [6.07, 6.45) is 3.77. The first-order chi connectivity index (χ1) is 16.5. The van der Waals surface area contributed by atoms with Crippen LogP contribution in [-0.4, -0.2) is 49.0 Å². The van der Waals surface area contributed by atoms with Gasteiger partial charge < -0.3 is 20.3 Å². The van der Waals surface area contributed by atoms with Crippen LogP contribution >= 0.6 is 0 Å². The second-order valence-electron chi connectivity index (χ2n) is 8.29. The molecule has 182 valence electrons. The predicted octanol–water partition coefficient (Wildman–Crippen LogP) is 4.33. The Balaban J connectivity index is 0.00000158. The van der Waals surface area contributed by atoms with Crippen molar-refractivity contribution >= 4 is 11.6 Å². The smallest absolute Gasteiger partial charge is 0.252 e. The molecule has 1 aliphatic rings.